The number of aromatic amines is 1. The Balaban J connectivity index is 3.17. The number of hydrogen-bond donors (Lipinski definition) is 2. The maximum Gasteiger partial charge on any atom is 0.313 e. The molecule has 0 aliphatic carbocycles. The molecule has 3 nitrogen and oxygen atoms in total. The number of halogens is 1. The van der Waals surface area contributed by atoms with Gasteiger partial charge in [0.2, 0.25) is 5.75 Å². The molecule has 0 saturated heterocycles. The maximum absolute atomic E-state index is 8.86. The first-order valence-corrected chi connectivity index (χ1v) is 2.73. The van der Waals surface area contributed by atoms with Gasteiger partial charge in [0.15, 0.2) is 0 Å². The number of aromatic hydroxyl groups is 1. The van der Waals surface area contributed by atoms with Crippen LogP contribution in [0, 0.1) is 0 Å². The minimum atomic E-state index is -0.0255. The molecule has 9 heavy (non-hydrogen) atoms. The van der Waals surface area contributed by atoms with Crippen LogP contribution in [-0.4, -0.2) is 5.11 Å². The van der Waals surface area contributed by atoms with Crippen molar-refractivity contribution in [1.82, 2.24) is 0 Å². The number of nitrogen functional groups attached to an aromatic ring is 1. The molecule has 0 saturated carbocycles. The molecule has 1 aromatic heterocycles. The van der Waals surface area contributed by atoms with Crippen molar-refractivity contribution >= 4 is 17.4 Å². The number of anilines is 1. The summed E-state index contributed by atoms with van der Waals surface area (Å²) in [6, 6.07) is 1.37. The van der Waals surface area contributed by atoms with Crippen LogP contribution in [0.3, 0.4) is 0 Å². The SMILES string of the molecule is Nc1[nH+]cc(Cl)cc1O. The van der Waals surface area contributed by atoms with Crippen LogP contribution >= 0.6 is 11.6 Å². The van der Waals surface area contributed by atoms with E-state index in [1.54, 1.807) is 0 Å². The van der Waals surface area contributed by atoms with E-state index in [1.807, 2.05) is 0 Å². The van der Waals surface area contributed by atoms with Crippen molar-refractivity contribution in [3.63, 3.8) is 0 Å². The van der Waals surface area contributed by atoms with Gasteiger partial charge in [-0.05, 0) is 0 Å². The van der Waals surface area contributed by atoms with Gasteiger partial charge >= 0.3 is 5.82 Å². The van der Waals surface area contributed by atoms with Gasteiger partial charge in [0, 0.05) is 6.07 Å². The zero-order valence-electron chi connectivity index (χ0n) is 4.56. The lowest BCUT2D eigenvalue weighted by atomic mass is 10.4. The van der Waals surface area contributed by atoms with Crippen LogP contribution in [0.2, 0.25) is 5.02 Å². The summed E-state index contributed by atoms with van der Waals surface area (Å²) in [5, 5.41) is 9.29. The molecule has 1 aromatic rings. The molecule has 4 N–H and O–H groups in total. The molecule has 0 unspecified atom stereocenters. The fourth-order valence-corrected chi connectivity index (χ4v) is 0.629. The molecule has 0 aliphatic heterocycles. The lowest BCUT2D eigenvalue weighted by Gasteiger charge is -1.89. The number of pyridine rings is 1. The molecule has 0 aliphatic rings. The molecule has 0 spiro atoms. The predicted molar refractivity (Wildman–Crippen MR) is 34.1 cm³/mol. The first kappa shape index (κ1) is 6.16. The molecule has 1 heterocycles. The minimum Gasteiger partial charge on any atom is -0.501 e. The highest BCUT2D eigenvalue weighted by Gasteiger charge is 2.01. The molecule has 1 rings (SSSR count). The van der Waals surface area contributed by atoms with Gasteiger partial charge in [-0.1, -0.05) is 11.6 Å². The van der Waals surface area contributed by atoms with Crippen molar-refractivity contribution in [1.29, 1.82) is 0 Å². The second kappa shape index (κ2) is 2.11. The summed E-state index contributed by atoms with van der Waals surface area (Å²) < 4.78 is 0. The summed E-state index contributed by atoms with van der Waals surface area (Å²) in [6.07, 6.45) is 1.50. The second-order valence-electron chi connectivity index (χ2n) is 1.62. The quantitative estimate of drug-likeness (QED) is 0.557. The topological polar surface area (TPSA) is 60.4 Å². The Bertz CT molecular complexity index is 226. The van der Waals surface area contributed by atoms with Gasteiger partial charge in [-0.2, -0.15) is 0 Å². The number of hydrogen-bond acceptors (Lipinski definition) is 2. The minimum absolute atomic E-state index is 0.0255. The average Bonchev–Trinajstić information content (AvgIpc) is 1.80. The summed E-state index contributed by atoms with van der Waals surface area (Å²) in [4.78, 5) is 2.56. The Morgan fingerprint density at radius 1 is 1.67 bits per heavy atom. The van der Waals surface area contributed by atoms with E-state index >= 15 is 0 Å². The highest BCUT2D eigenvalue weighted by Crippen LogP contribution is 2.17. The van der Waals surface area contributed by atoms with Crippen molar-refractivity contribution in [2.24, 2.45) is 0 Å². The van der Waals surface area contributed by atoms with Crippen LogP contribution in [0.4, 0.5) is 5.82 Å². The zero-order chi connectivity index (χ0) is 6.85. The van der Waals surface area contributed by atoms with Gasteiger partial charge in [-0.15, -0.1) is 0 Å². The van der Waals surface area contributed by atoms with Gasteiger partial charge < -0.3 is 5.11 Å². The highest BCUT2D eigenvalue weighted by molar-refractivity contribution is 6.30. The molecular weight excluding hydrogens is 140 g/mol. The number of rotatable bonds is 0. The number of nitrogens with two attached hydrogens (primary N) is 1. The standard InChI is InChI=1S/C5H5ClN2O/c6-3-1-4(9)5(7)8-2-3/h1-2,9H,(H2,7,8)/p+1. The molecule has 0 amide bonds. The Morgan fingerprint density at radius 2 is 2.33 bits per heavy atom. The van der Waals surface area contributed by atoms with Gasteiger partial charge in [0.05, 0.1) is 5.02 Å². The fraction of sp³-hybridized carbons (Fsp3) is 0. The number of H-pyrrole nitrogens is 1. The molecule has 48 valence electrons. The Kier molecular flexibility index (Phi) is 1.44. The van der Waals surface area contributed by atoms with Gasteiger partial charge in [0.1, 0.15) is 6.20 Å². The molecule has 0 radical (unpaired) electrons. The Morgan fingerprint density at radius 3 is 2.78 bits per heavy atom. The van der Waals surface area contributed by atoms with Crippen LogP contribution in [0.1, 0.15) is 0 Å². The average molecular weight is 146 g/mol. The third kappa shape index (κ3) is 1.23. The van der Waals surface area contributed by atoms with Crippen molar-refractivity contribution in [3.8, 4) is 5.75 Å². The zero-order valence-corrected chi connectivity index (χ0v) is 5.31. The first-order valence-electron chi connectivity index (χ1n) is 2.36. The van der Waals surface area contributed by atoms with E-state index in [2.05, 4.69) is 4.98 Å². The van der Waals surface area contributed by atoms with E-state index in [4.69, 9.17) is 22.4 Å². The van der Waals surface area contributed by atoms with Crippen molar-refractivity contribution in [3.05, 3.63) is 17.3 Å². The maximum atomic E-state index is 8.86. The Labute approximate surface area is 57.1 Å². The predicted octanol–water partition coefficient (Wildman–Crippen LogP) is 0.442. The van der Waals surface area contributed by atoms with Crippen LogP contribution in [0.25, 0.3) is 0 Å². The molecule has 0 fully saturated rings. The number of nitrogens with one attached hydrogen (secondary N) is 1. The van der Waals surface area contributed by atoms with E-state index in [0.717, 1.165) is 0 Å². The second-order valence-corrected chi connectivity index (χ2v) is 2.05. The van der Waals surface area contributed by atoms with Gasteiger partial charge in [-0.25, -0.2) is 4.98 Å². The third-order valence-electron chi connectivity index (χ3n) is 0.916. The largest absolute Gasteiger partial charge is 0.501 e. The summed E-state index contributed by atoms with van der Waals surface area (Å²) >= 11 is 5.47. The lowest BCUT2D eigenvalue weighted by Crippen LogP contribution is -2.08. The molecular formula is C5H6ClN2O+. The van der Waals surface area contributed by atoms with Crippen LogP contribution < -0.4 is 10.7 Å². The van der Waals surface area contributed by atoms with E-state index < -0.39 is 0 Å². The third-order valence-corrected chi connectivity index (χ3v) is 1.13. The molecule has 0 bridgehead atoms. The summed E-state index contributed by atoms with van der Waals surface area (Å²) in [5.41, 5.74) is 5.22. The summed E-state index contributed by atoms with van der Waals surface area (Å²) in [7, 11) is 0. The Hall–Kier alpha value is -0.960. The van der Waals surface area contributed by atoms with Gasteiger partial charge in [-0.3, -0.25) is 5.73 Å². The summed E-state index contributed by atoms with van der Waals surface area (Å²) in [6.45, 7) is 0. The fourth-order valence-electron chi connectivity index (χ4n) is 0.471. The van der Waals surface area contributed by atoms with Crippen molar-refractivity contribution in [2.45, 2.75) is 0 Å². The van der Waals surface area contributed by atoms with E-state index in [-0.39, 0.29) is 11.6 Å². The lowest BCUT2D eigenvalue weighted by molar-refractivity contribution is -0.361. The van der Waals surface area contributed by atoms with Crippen LogP contribution in [0.5, 0.6) is 5.75 Å². The van der Waals surface area contributed by atoms with E-state index in [1.165, 1.54) is 12.3 Å². The van der Waals surface area contributed by atoms with E-state index in [9.17, 15) is 0 Å². The van der Waals surface area contributed by atoms with Crippen LogP contribution in [0.15, 0.2) is 12.3 Å². The first-order chi connectivity index (χ1) is 4.20. The van der Waals surface area contributed by atoms with Crippen molar-refractivity contribution < 1.29 is 10.1 Å². The van der Waals surface area contributed by atoms with Crippen molar-refractivity contribution in [2.75, 3.05) is 5.73 Å². The number of aromatic nitrogens is 1. The monoisotopic (exact) mass is 145 g/mol. The molecule has 0 aromatic carbocycles. The van der Waals surface area contributed by atoms with E-state index in [0.29, 0.717) is 5.02 Å². The highest BCUT2D eigenvalue weighted by atomic mass is 35.5. The molecule has 0 atom stereocenters. The molecule has 4 heteroatoms. The smallest absolute Gasteiger partial charge is 0.313 e. The van der Waals surface area contributed by atoms with Gasteiger partial charge in [0.25, 0.3) is 0 Å². The summed E-state index contributed by atoms with van der Waals surface area (Å²) in [5.74, 6) is 0.196. The van der Waals surface area contributed by atoms with Crippen LogP contribution in [-0.2, 0) is 0 Å². The normalized spacial score (nSPS) is 9.44.